The first-order valence-electron chi connectivity index (χ1n) is 9.11. The number of benzene rings is 2. The van der Waals surface area contributed by atoms with E-state index < -0.39 is 6.10 Å². The summed E-state index contributed by atoms with van der Waals surface area (Å²) in [4.78, 5) is 0. The molecule has 25 heavy (non-hydrogen) atoms. The lowest BCUT2D eigenvalue weighted by molar-refractivity contribution is 0.178. The second-order valence-corrected chi connectivity index (χ2v) is 6.74. The van der Waals surface area contributed by atoms with Crippen LogP contribution in [0.4, 0.5) is 5.69 Å². The average molecular weight is 340 g/mol. The van der Waals surface area contributed by atoms with Crippen molar-refractivity contribution in [3.05, 3.63) is 59.7 Å². The fourth-order valence-electron chi connectivity index (χ4n) is 3.41. The van der Waals surface area contributed by atoms with E-state index in [0.29, 0.717) is 19.1 Å². The Bertz CT molecular complexity index is 660. The highest BCUT2D eigenvalue weighted by molar-refractivity contribution is 5.42. The van der Waals surface area contributed by atoms with Crippen LogP contribution in [0.25, 0.3) is 0 Å². The average Bonchev–Trinajstić information content (AvgIpc) is 2.86. The maximum atomic E-state index is 10.2. The van der Waals surface area contributed by atoms with Gasteiger partial charge in [-0.2, -0.15) is 0 Å². The molecule has 2 aromatic carbocycles. The molecular formula is C21H28N2O2. The Labute approximate surface area is 150 Å². The van der Waals surface area contributed by atoms with Crippen molar-refractivity contribution in [2.45, 2.75) is 37.8 Å². The minimum Gasteiger partial charge on any atom is -0.497 e. The summed E-state index contributed by atoms with van der Waals surface area (Å²) in [6, 6.07) is 16.8. The van der Waals surface area contributed by atoms with Crippen molar-refractivity contribution in [3.8, 4) is 5.75 Å². The van der Waals surface area contributed by atoms with Crippen LogP contribution >= 0.6 is 0 Å². The van der Waals surface area contributed by atoms with E-state index >= 15 is 0 Å². The summed E-state index contributed by atoms with van der Waals surface area (Å²) in [6.07, 6.45) is 4.01. The molecule has 0 bridgehead atoms. The summed E-state index contributed by atoms with van der Waals surface area (Å²) >= 11 is 0. The Hall–Kier alpha value is -2.04. The molecule has 0 heterocycles. The van der Waals surface area contributed by atoms with Gasteiger partial charge >= 0.3 is 0 Å². The van der Waals surface area contributed by atoms with Gasteiger partial charge in [0.2, 0.25) is 0 Å². The van der Waals surface area contributed by atoms with E-state index in [1.807, 2.05) is 36.4 Å². The van der Waals surface area contributed by atoms with Gasteiger partial charge in [-0.1, -0.05) is 24.3 Å². The van der Waals surface area contributed by atoms with Crippen molar-refractivity contribution >= 4 is 5.69 Å². The van der Waals surface area contributed by atoms with Gasteiger partial charge in [-0.3, -0.25) is 0 Å². The molecule has 0 spiro atoms. The van der Waals surface area contributed by atoms with E-state index in [2.05, 4.69) is 22.8 Å². The van der Waals surface area contributed by atoms with Gasteiger partial charge in [0.1, 0.15) is 5.75 Å². The molecule has 0 fully saturated rings. The highest BCUT2D eigenvalue weighted by atomic mass is 16.5. The van der Waals surface area contributed by atoms with Crippen LogP contribution in [0.3, 0.4) is 0 Å². The molecule has 0 amide bonds. The summed E-state index contributed by atoms with van der Waals surface area (Å²) in [6.45, 7) is 1.15. The Morgan fingerprint density at radius 3 is 2.76 bits per heavy atom. The number of aryl methyl sites for hydroxylation is 1. The number of rotatable bonds is 7. The lowest BCUT2D eigenvalue weighted by Crippen LogP contribution is -2.39. The number of para-hydroxylation sites is 1. The van der Waals surface area contributed by atoms with Crippen molar-refractivity contribution < 1.29 is 9.84 Å². The number of aliphatic hydroxyl groups excluding tert-OH is 1. The van der Waals surface area contributed by atoms with E-state index in [9.17, 15) is 5.11 Å². The highest BCUT2D eigenvalue weighted by Crippen LogP contribution is 2.25. The van der Waals surface area contributed by atoms with Crippen LogP contribution in [-0.2, 0) is 12.8 Å². The predicted octanol–water partition coefficient (Wildman–Crippen LogP) is 3.01. The van der Waals surface area contributed by atoms with Crippen molar-refractivity contribution in [3.63, 3.8) is 0 Å². The number of aliphatic hydroxyl groups is 1. The van der Waals surface area contributed by atoms with Crippen molar-refractivity contribution in [2.24, 2.45) is 0 Å². The minimum atomic E-state index is -0.409. The maximum absolute atomic E-state index is 10.2. The van der Waals surface area contributed by atoms with E-state index in [0.717, 1.165) is 30.7 Å². The number of ether oxygens (including phenoxy) is 1. The fraction of sp³-hybridized carbons (Fsp3) is 0.429. The Morgan fingerprint density at radius 2 is 1.96 bits per heavy atom. The number of hydrogen-bond donors (Lipinski definition) is 3. The van der Waals surface area contributed by atoms with Crippen molar-refractivity contribution in [1.29, 1.82) is 0 Å². The van der Waals surface area contributed by atoms with Crippen LogP contribution in [0.5, 0.6) is 5.75 Å². The molecule has 2 atom stereocenters. The molecule has 1 aliphatic carbocycles. The van der Waals surface area contributed by atoms with Crippen LogP contribution in [0.2, 0.25) is 0 Å². The number of anilines is 1. The van der Waals surface area contributed by atoms with Gasteiger partial charge in [-0.05, 0) is 61.1 Å². The largest absolute Gasteiger partial charge is 0.497 e. The Balaban J connectivity index is 1.49. The minimum absolute atomic E-state index is 0.403. The fourth-order valence-corrected chi connectivity index (χ4v) is 3.41. The summed E-state index contributed by atoms with van der Waals surface area (Å²) in [5, 5.41) is 17.1. The molecule has 0 aromatic heterocycles. The Kier molecular flexibility index (Phi) is 6.31. The van der Waals surface area contributed by atoms with E-state index in [4.69, 9.17) is 4.74 Å². The molecule has 2 aromatic rings. The first-order valence-corrected chi connectivity index (χ1v) is 9.11. The van der Waals surface area contributed by atoms with E-state index in [-0.39, 0.29) is 0 Å². The molecule has 0 aliphatic heterocycles. The second-order valence-electron chi connectivity index (χ2n) is 6.74. The maximum Gasteiger partial charge on any atom is 0.119 e. The van der Waals surface area contributed by atoms with Crippen LogP contribution in [-0.4, -0.2) is 37.5 Å². The lowest BCUT2D eigenvalue weighted by atomic mass is 10.0. The Morgan fingerprint density at radius 1 is 1.12 bits per heavy atom. The summed E-state index contributed by atoms with van der Waals surface area (Å²) in [7, 11) is 1.71. The van der Waals surface area contributed by atoms with Gasteiger partial charge < -0.3 is 20.5 Å². The third-order valence-corrected chi connectivity index (χ3v) is 4.84. The number of nitrogens with one attached hydrogen (secondary N) is 2. The first kappa shape index (κ1) is 17.8. The topological polar surface area (TPSA) is 53.5 Å². The van der Waals surface area contributed by atoms with Gasteiger partial charge in [-0.15, -0.1) is 0 Å². The normalized spacial score (nSPS) is 18.1. The molecule has 2 unspecified atom stereocenters. The smallest absolute Gasteiger partial charge is 0.119 e. The summed E-state index contributed by atoms with van der Waals surface area (Å²) in [5.41, 5.74) is 3.83. The SMILES string of the molecule is COc1ccc2c(c1)CC(NCC(O)CNc1ccccc1)CCC2. The third-order valence-electron chi connectivity index (χ3n) is 4.84. The van der Waals surface area contributed by atoms with Gasteiger partial charge in [0, 0.05) is 24.8 Å². The molecule has 134 valence electrons. The number of hydrogen-bond acceptors (Lipinski definition) is 4. The molecule has 0 radical (unpaired) electrons. The predicted molar refractivity (Wildman–Crippen MR) is 102 cm³/mol. The molecular weight excluding hydrogens is 312 g/mol. The van der Waals surface area contributed by atoms with E-state index in [1.165, 1.54) is 17.5 Å². The standard InChI is InChI=1S/C21H28N2O2/c1-25-21-11-10-16-6-5-9-19(12-17(16)13-21)23-15-20(24)14-22-18-7-3-2-4-8-18/h2-4,7-8,10-11,13,19-20,22-24H,5-6,9,12,14-15H2,1H3. The number of methoxy groups -OCH3 is 1. The monoisotopic (exact) mass is 340 g/mol. The highest BCUT2D eigenvalue weighted by Gasteiger charge is 2.18. The third kappa shape index (κ3) is 5.21. The van der Waals surface area contributed by atoms with Crippen LogP contribution in [0.15, 0.2) is 48.5 Å². The molecule has 4 heteroatoms. The van der Waals surface area contributed by atoms with Gasteiger partial charge in [0.15, 0.2) is 0 Å². The summed E-state index contributed by atoms with van der Waals surface area (Å²) < 4.78 is 5.36. The van der Waals surface area contributed by atoms with Crippen molar-refractivity contribution in [1.82, 2.24) is 5.32 Å². The zero-order chi connectivity index (χ0) is 17.5. The van der Waals surface area contributed by atoms with Gasteiger partial charge in [0.05, 0.1) is 13.2 Å². The second kappa shape index (κ2) is 8.88. The molecule has 1 aliphatic rings. The summed E-state index contributed by atoms with van der Waals surface area (Å²) in [5.74, 6) is 0.923. The number of fused-ring (bicyclic) bond motifs is 1. The van der Waals surface area contributed by atoms with Crippen molar-refractivity contribution in [2.75, 3.05) is 25.5 Å². The zero-order valence-electron chi connectivity index (χ0n) is 14.9. The quantitative estimate of drug-likeness (QED) is 0.678. The van der Waals surface area contributed by atoms with Crippen LogP contribution in [0, 0.1) is 0 Å². The van der Waals surface area contributed by atoms with Crippen LogP contribution in [0.1, 0.15) is 24.0 Å². The molecule has 3 N–H and O–H groups in total. The molecule has 3 rings (SSSR count). The first-order chi connectivity index (χ1) is 12.2. The zero-order valence-corrected chi connectivity index (χ0v) is 14.9. The van der Waals surface area contributed by atoms with Crippen LogP contribution < -0.4 is 15.4 Å². The van der Waals surface area contributed by atoms with Gasteiger partial charge in [-0.25, -0.2) is 0 Å². The van der Waals surface area contributed by atoms with E-state index in [1.54, 1.807) is 7.11 Å². The lowest BCUT2D eigenvalue weighted by Gasteiger charge is -2.20. The molecule has 0 saturated carbocycles. The molecule has 4 nitrogen and oxygen atoms in total. The van der Waals surface area contributed by atoms with Gasteiger partial charge in [0.25, 0.3) is 0 Å². The molecule has 0 saturated heterocycles.